The van der Waals surface area contributed by atoms with Crippen LogP contribution < -0.4 is 5.32 Å². The van der Waals surface area contributed by atoms with E-state index in [0.717, 1.165) is 6.54 Å². The summed E-state index contributed by atoms with van der Waals surface area (Å²) < 4.78 is 0. The highest BCUT2D eigenvalue weighted by molar-refractivity contribution is 7.14. The van der Waals surface area contributed by atoms with Gasteiger partial charge in [0.05, 0.1) is 0 Å². The quantitative estimate of drug-likeness (QED) is 0.799. The van der Waals surface area contributed by atoms with Gasteiger partial charge in [-0.15, -0.1) is 22.7 Å². The SMILES string of the molecule is C1=CCC(NCc2cc(-c3cccs3)cs2)CC1. The Labute approximate surface area is 116 Å². The minimum atomic E-state index is 0.669. The third-order valence-electron chi connectivity index (χ3n) is 3.29. The Bertz CT molecular complexity index is 510. The molecule has 0 aromatic carbocycles. The van der Waals surface area contributed by atoms with Crippen molar-refractivity contribution in [1.82, 2.24) is 5.32 Å². The predicted molar refractivity (Wildman–Crippen MR) is 81.3 cm³/mol. The van der Waals surface area contributed by atoms with Gasteiger partial charge in [-0.3, -0.25) is 0 Å². The van der Waals surface area contributed by atoms with Gasteiger partial charge in [0, 0.05) is 27.9 Å². The summed E-state index contributed by atoms with van der Waals surface area (Å²) in [5.74, 6) is 0. The molecule has 3 rings (SSSR count). The van der Waals surface area contributed by atoms with E-state index in [1.54, 1.807) is 0 Å². The lowest BCUT2D eigenvalue weighted by Crippen LogP contribution is -2.28. The molecular weight excluding hydrogens is 258 g/mol. The molecule has 1 N–H and O–H groups in total. The Hall–Kier alpha value is -0.900. The van der Waals surface area contributed by atoms with Crippen LogP contribution in [0.15, 0.2) is 41.1 Å². The summed E-state index contributed by atoms with van der Waals surface area (Å²) in [5, 5.41) is 8.06. The molecule has 1 aliphatic rings. The van der Waals surface area contributed by atoms with Crippen molar-refractivity contribution in [3.05, 3.63) is 46.0 Å². The minimum absolute atomic E-state index is 0.669. The molecule has 94 valence electrons. The molecule has 2 aromatic rings. The molecule has 0 saturated heterocycles. The normalized spacial score (nSPS) is 19.2. The molecular formula is C15H17NS2. The first-order chi connectivity index (χ1) is 8.92. The summed E-state index contributed by atoms with van der Waals surface area (Å²) in [6.07, 6.45) is 8.27. The smallest absolute Gasteiger partial charge is 0.0351 e. The Morgan fingerprint density at radius 1 is 1.28 bits per heavy atom. The molecule has 1 atom stereocenters. The van der Waals surface area contributed by atoms with Crippen molar-refractivity contribution < 1.29 is 0 Å². The van der Waals surface area contributed by atoms with Crippen LogP contribution in [0.5, 0.6) is 0 Å². The zero-order valence-electron chi connectivity index (χ0n) is 10.3. The molecule has 0 radical (unpaired) electrons. The van der Waals surface area contributed by atoms with Crippen molar-refractivity contribution in [3.8, 4) is 10.4 Å². The maximum absolute atomic E-state index is 3.66. The summed E-state index contributed by atoms with van der Waals surface area (Å²) in [7, 11) is 0. The molecule has 2 heterocycles. The third-order valence-corrected chi connectivity index (χ3v) is 5.15. The largest absolute Gasteiger partial charge is 0.309 e. The maximum Gasteiger partial charge on any atom is 0.0351 e. The van der Waals surface area contributed by atoms with Gasteiger partial charge < -0.3 is 5.32 Å². The highest BCUT2D eigenvalue weighted by atomic mass is 32.1. The molecule has 3 heteroatoms. The summed E-state index contributed by atoms with van der Waals surface area (Å²) in [4.78, 5) is 2.81. The number of allylic oxidation sites excluding steroid dienone is 1. The van der Waals surface area contributed by atoms with Crippen LogP contribution in [0.4, 0.5) is 0 Å². The van der Waals surface area contributed by atoms with E-state index in [1.165, 1.54) is 34.6 Å². The van der Waals surface area contributed by atoms with E-state index in [9.17, 15) is 0 Å². The zero-order chi connectivity index (χ0) is 12.2. The zero-order valence-corrected chi connectivity index (χ0v) is 11.9. The van der Waals surface area contributed by atoms with E-state index in [4.69, 9.17) is 0 Å². The van der Waals surface area contributed by atoms with Gasteiger partial charge in [0.15, 0.2) is 0 Å². The summed E-state index contributed by atoms with van der Waals surface area (Å²) >= 11 is 3.68. The van der Waals surface area contributed by atoms with Crippen molar-refractivity contribution in [1.29, 1.82) is 0 Å². The fourth-order valence-corrected chi connectivity index (χ4v) is 3.89. The van der Waals surface area contributed by atoms with E-state index in [1.807, 2.05) is 22.7 Å². The lowest BCUT2D eigenvalue weighted by molar-refractivity contribution is 0.476. The van der Waals surface area contributed by atoms with E-state index in [0.29, 0.717) is 6.04 Å². The average Bonchev–Trinajstić information content (AvgIpc) is 3.08. The lowest BCUT2D eigenvalue weighted by Gasteiger charge is -2.18. The van der Waals surface area contributed by atoms with Gasteiger partial charge in [0.25, 0.3) is 0 Å². The van der Waals surface area contributed by atoms with Crippen LogP contribution in [0.1, 0.15) is 24.1 Å². The average molecular weight is 275 g/mol. The van der Waals surface area contributed by atoms with Crippen molar-refractivity contribution in [2.24, 2.45) is 0 Å². The molecule has 0 amide bonds. The third kappa shape index (κ3) is 2.91. The molecule has 0 aliphatic heterocycles. The van der Waals surface area contributed by atoms with Gasteiger partial charge in [-0.05, 0) is 42.2 Å². The first kappa shape index (κ1) is 12.2. The standard InChI is InChI=1S/C15H17NS2/c1-2-5-13(6-3-1)16-10-14-9-12(11-18-14)15-7-4-8-17-15/h1-2,4,7-9,11,13,16H,3,5-6,10H2. The number of thiophene rings is 2. The van der Waals surface area contributed by atoms with E-state index >= 15 is 0 Å². The molecule has 1 aliphatic carbocycles. The summed E-state index contributed by atoms with van der Waals surface area (Å²) in [6, 6.07) is 7.30. The van der Waals surface area contributed by atoms with Crippen molar-refractivity contribution in [2.45, 2.75) is 31.8 Å². The Morgan fingerprint density at radius 2 is 2.28 bits per heavy atom. The van der Waals surface area contributed by atoms with Gasteiger partial charge in [0.1, 0.15) is 0 Å². The number of nitrogens with one attached hydrogen (secondary N) is 1. The predicted octanol–water partition coefficient (Wildman–Crippen LogP) is 4.67. The second-order valence-electron chi connectivity index (χ2n) is 4.64. The van der Waals surface area contributed by atoms with Gasteiger partial charge in [-0.2, -0.15) is 0 Å². The Kier molecular flexibility index (Phi) is 3.93. The van der Waals surface area contributed by atoms with Gasteiger partial charge >= 0.3 is 0 Å². The maximum atomic E-state index is 3.66. The van der Waals surface area contributed by atoms with E-state index in [-0.39, 0.29) is 0 Å². The van der Waals surface area contributed by atoms with Crippen LogP contribution >= 0.6 is 22.7 Å². The van der Waals surface area contributed by atoms with Gasteiger partial charge in [0.2, 0.25) is 0 Å². The molecule has 0 bridgehead atoms. The Morgan fingerprint density at radius 3 is 3.06 bits per heavy atom. The van der Waals surface area contributed by atoms with Crippen LogP contribution in [0, 0.1) is 0 Å². The fraction of sp³-hybridized carbons (Fsp3) is 0.333. The molecule has 1 unspecified atom stereocenters. The number of rotatable bonds is 4. The summed E-state index contributed by atoms with van der Waals surface area (Å²) in [6.45, 7) is 1.01. The van der Waals surface area contributed by atoms with Crippen LogP contribution in [0.3, 0.4) is 0 Å². The molecule has 1 nitrogen and oxygen atoms in total. The van der Waals surface area contributed by atoms with Crippen LogP contribution in [0.25, 0.3) is 10.4 Å². The summed E-state index contributed by atoms with van der Waals surface area (Å²) in [5.41, 5.74) is 1.37. The second-order valence-corrected chi connectivity index (χ2v) is 6.58. The molecule has 0 fully saturated rings. The van der Waals surface area contributed by atoms with Crippen LogP contribution in [-0.2, 0) is 6.54 Å². The second kappa shape index (κ2) is 5.83. The molecule has 0 spiro atoms. The number of hydrogen-bond acceptors (Lipinski definition) is 3. The topological polar surface area (TPSA) is 12.0 Å². The van der Waals surface area contributed by atoms with Gasteiger partial charge in [-0.25, -0.2) is 0 Å². The lowest BCUT2D eigenvalue weighted by atomic mass is 10.0. The van der Waals surface area contributed by atoms with Crippen LogP contribution in [-0.4, -0.2) is 6.04 Å². The highest BCUT2D eigenvalue weighted by Gasteiger charge is 2.09. The van der Waals surface area contributed by atoms with E-state index in [2.05, 4.69) is 46.4 Å². The van der Waals surface area contributed by atoms with Crippen molar-refractivity contribution in [3.63, 3.8) is 0 Å². The van der Waals surface area contributed by atoms with Crippen molar-refractivity contribution >= 4 is 22.7 Å². The van der Waals surface area contributed by atoms with E-state index < -0.39 is 0 Å². The fourth-order valence-electron chi connectivity index (χ4n) is 2.27. The molecule has 18 heavy (non-hydrogen) atoms. The monoisotopic (exact) mass is 275 g/mol. The molecule has 0 saturated carbocycles. The first-order valence-corrected chi connectivity index (χ1v) is 8.17. The first-order valence-electron chi connectivity index (χ1n) is 6.41. The van der Waals surface area contributed by atoms with Gasteiger partial charge in [-0.1, -0.05) is 18.2 Å². The van der Waals surface area contributed by atoms with Crippen LogP contribution in [0.2, 0.25) is 0 Å². The highest BCUT2D eigenvalue weighted by Crippen LogP contribution is 2.29. The molecule has 2 aromatic heterocycles. The minimum Gasteiger partial charge on any atom is -0.309 e. The Balaban J connectivity index is 1.58. The number of hydrogen-bond donors (Lipinski definition) is 1. The van der Waals surface area contributed by atoms with Crippen molar-refractivity contribution in [2.75, 3.05) is 0 Å².